The SMILES string of the molecule is Cc1cc([N+](=O)[O-])ccc1C(=O)C1CCC[C@@H](Nc2ncc(SCc3ncc(C(C)(C)C)o3)s2)C1. The van der Waals surface area contributed by atoms with Crippen LogP contribution in [-0.4, -0.2) is 26.7 Å². The number of anilines is 1. The number of carbonyl (C=O) groups excluding carboxylic acids is 1. The van der Waals surface area contributed by atoms with E-state index in [0.29, 0.717) is 22.8 Å². The molecule has 0 spiro atoms. The maximum atomic E-state index is 13.2. The Morgan fingerprint density at radius 3 is 2.77 bits per heavy atom. The summed E-state index contributed by atoms with van der Waals surface area (Å²) in [6.07, 6.45) is 7.15. The van der Waals surface area contributed by atoms with Crippen molar-refractivity contribution in [2.24, 2.45) is 5.92 Å². The van der Waals surface area contributed by atoms with Gasteiger partial charge >= 0.3 is 0 Å². The summed E-state index contributed by atoms with van der Waals surface area (Å²) in [6.45, 7) is 8.06. The molecule has 1 aromatic carbocycles. The van der Waals surface area contributed by atoms with Gasteiger partial charge in [-0.1, -0.05) is 38.5 Å². The number of Topliss-reactive ketones (excluding diaryl/α,β-unsaturated/α-hetero) is 1. The maximum Gasteiger partial charge on any atom is 0.269 e. The molecule has 1 saturated carbocycles. The van der Waals surface area contributed by atoms with Crippen molar-refractivity contribution in [3.05, 3.63) is 63.5 Å². The van der Waals surface area contributed by atoms with Gasteiger partial charge in [0.25, 0.3) is 5.69 Å². The molecule has 2 aromatic heterocycles. The van der Waals surface area contributed by atoms with E-state index in [1.165, 1.54) is 12.1 Å². The molecule has 2 atom stereocenters. The van der Waals surface area contributed by atoms with Crippen LogP contribution in [0.4, 0.5) is 10.8 Å². The third-order valence-corrected chi connectivity index (χ3v) is 8.28. The molecule has 8 nitrogen and oxygen atoms in total. The molecule has 0 bridgehead atoms. The Balaban J connectivity index is 1.33. The molecule has 1 aliphatic rings. The fourth-order valence-corrected chi connectivity index (χ4v) is 6.04. The first-order valence-electron chi connectivity index (χ1n) is 11.7. The van der Waals surface area contributed by atoms with Gasteiger partial charge in [0, 0.05) is 35.1 Å². The molecule has 0 amide bonds. The number of ketones is 1. The van der Waals surface area contributed by atoms with E-state index in [2.05, 4.69) is 36.1 Å². The number of hydrogen-bond acceptors (Lipinski definition) is 9. The first kappa shape index (κ1) is 25.4. The van der Waals surface area contributed by atoms with Crippen LogP contribution in [0.3, 0.4) is 0 Å². The van der Waals surface area contributed by atoms with Gasteiger partial charge < -0.3 is 9.73 Å². The number of nitrogens with one attached hydrogen (secondary N) is 1. The highest BCUT2D eigenvalue weighted by Gasteiger charge is 2.29. The number of carbonyl (C=O) groups is 1. The zero-order valence-electron chi connectivity index (χ0n) is 20.4. The van der Waals surface area contributed by atoms with Crippen LogP contribution in [0.15, 0.2) is 39.2 Å². The van der Waals surface area contributed by atoms with Gasteiger partial charge in [-0.05, 0) is 37.8 Å². The smallest absolute Gasteiger partial charge is 0.269 e. The predicted octanol–water partition coefficient (Wildman–Crippen LogP) is 6.79. The van der Waals surface area contributed by atoms with Gasteiger partial charge in [-0.2, -0.15) is 0 Å². The molecule has 0 saturated heterocycles. The average Bonchev–Trinajstić information content (AvgIpc) is 3.47. The Morgan fingerprint density at radius 1 is 1.29 bits per heavy atom. The van der Waals surface area contributed by atoms with Gasteiger partial charge in [-0.3, -0.25) is 14.9 Å². The number of thioether (sulfide) groups is 1. The molecule has 2 heterocycles. The topological polar surface area (TPSA) is 111 Å². The average molecular weight is 515 g/mol. The number of oxazole rings is 1. The summed E-state index contributed by atoms with van der Waals surface area (Å²) < 4.78 is 6.94. The van der Waals surface area contributed by atoms with Crippen molar-refractivity contribution >= 4 is 39.7 Å². The number of non-ortho nitro benzene ring substituents is 1. The van der Waals surface area contributed by atoms with Crippen LogP contribution in [0.25, 0.3) is 0 Å². The molecule has 3 aromatic rings. The van der Waals surface area contributed by atoms with E-state index in [1.54, 1.807) is 42.3 Å². The fourth-order valence-electron chi connectivity index (χ4n) is 4.24. The minimum absolute atomic E-state index is 0.0113. The molecule has 4 rings (SSSR count). The van der Waals surface area contributed by atoms with Crippen molar-refractivity contribution in [2.75, 3.05) is 5.32 Å². The van der Waals surface area contributed by atoms with Crippen molar-refractivity contribution in [3.8, 4) is 0 Å². The van der Waals surface area contributed by atoms with Gasteiger partial charge in [0.05, 0.1) is 27.3 Å². The number of nitro benzene ring substituents is 1. The van der Waals surface area contributed by atoms with E-state index in [0.717, 1.165) is 40.8 Å². The highest BCUT2D eigenvalue weighted by Crippen LogP contribution is 2.35. The minimum Gasteiger partial charge on any atom is -0.444 e. The lowest BCUT2D eigenvalue weighted by Gasteiger charge is -2.29. The quantitative estimate of drug-likeness (QED) is 0.151. The number of aromatic nitrogens is 2. The lowest BCUT2D eigenvalue weighted by Crippen LogP contribution is -2.31. The second kappa shape index (κ2) is 10.5. The van der Waals surface area contributed by atoms with Crippen LogP contribution >= 0.6 is 23.1 Å². The molecule has 1 fully saturated rings. The van der Waals surface area contributed by atoms with Crippen LogP contribution in [0.1, 0.15) is 74.0 Å². The Morgan fingerprint density at radius 2 is 2.09 bits per heavy atom. The number of hydrogen-bond donors (Lipinski definition) is 1. The zero-order valence-corrected chi connectivity index (χ0v) is 22.0. The molecule has 1 N–H and O–H groups in total. The third kappa shape index (κ3) is 6.29. The third-order valence-electron chi connectivity index (χ3n) is 6.17. The molecule has 35 heavy (non-hydrogen) atoms. The summed E-state index contributed by atoms with van der Waals surface area (Å²) in [5.74, 6) is 2.20. The van der Waals surface area contributed by atoms with Gasteiger partial charge in [0.1, 0.15) is 5.76 Å². The summed E-state index contributed by atoms with van der Waals surface area (Å²) in [4.78, 5) is 32.6. The largest absolute Gasteiger partial charge is 0.444 e. The number of nitrogens with zero attached hydrogens (tertiary/aromatic N) is 3. The lowest BCUT2D eigenvalue weighted by molar-refractivity contribution is -0.384. The Hall–Kier alpha value is -2.72. The normalized spacial score (nSPS) is 18.4. The van der Waals surface area contributed by atoms with Crippen molar-refractivity contribution in [1.29, 1.82) is 0 Å². The standard InChI is InChI=1S/C25H30N4O4S2/c1-15-10-18(29(31)32)8-9-19(15)23(30)16-6-5-7-17(11-16)28-24-27-13-22(35-24)34-14-21-26-12-20(33-21)25(2,3)4/h8-10,12-13,16-17H,5-7,11,14H2,1-4H3,(H,27,28)/t16?,17-/m1/s1. The van der Waals surface area contributed by atoms with Crippen molar-refractivity contribution < 1.29 is 14.1 Å². The molecule has 0 radical (unpaired) electrons. The van der Waals surface area contributed by atoms with Gasteiger partial charge in [-0.25, -0.2) is 9.97 Å². The Bertz CT molecular complexity index is 1210. The van der Waals surface area contributed by atoms with E-state index in [-0.39, 0.29) is 28.8 Å². The van der Waals surface area contributed by atoms with Gasteiger partial charge in [0.15, 0.2) is 10.9 Å². The molecule has 1 unspecified atom stereocenters. The minimum atomic E-state index is -0.434. The molecule has 0 aliphatic heterocycles. The van der Waals surface area contributed by atoms with Gasteiger partial charge in [-0.15, -0.1) is 11.8 Å². The number of nitro groups is 1. The number of aryl methyl sites for hydroxylation is 1. The van der Waals surface area contributed by atoms with E-state index < -0.39 is 4.92 Å². The first-order chi connectivity index (χ1) is 16.6. The van der Waals surface area contributed by atoms with E-state index in [1.807, 2.05) is 6.20 Å². The van der Waals surface area contributed by atoms with Gasteiger partial charge in [0.2, 0.25) is 5.89 Å². The number of benzene rings is 1. The summed E-state index contributed by atoms with van der Waals surface area (Å²) in [5, 5.41) is 15.4. The lowest BCUT2D eigenvalue weighted by atomic mass is 9.80. The number of thiazole rings is 1. The predicted molar refractivity (Wildman–Crippen MR) is 138 cm³/mol. The van der Waals surface area contributed by atoms with E-state index in [4.69, 9.17) is 4.42 Å². The monoisotopic (exact) mass is 514 g/mol. The first-order valence-corrected chi connectivity index (χ1v) is 13.5. The van der Waals surface area contributed by atoms with Crippen molar-refractivity contribution in [3.63, 3.8) is 0 Å². The van der Waals surface area contributed by atoms with Crippen LogP contribution in [0.5, 0.6) is 0 Å². The highest BCUT2D eigenvalue weighted by molar-refractivity contribution is 8.00. The van der Waals surface area contributed by atoms with Crippen molar-refractivity contribution in [1.82, 2.24) is 9.97 Å². The zero-order chi connectivity index (χ0) is 25.2. The summed E-state index contributed by atoms with van der Waals surface area (Å²) in [7, 11) is 0. The van der Waals surface area contributed by atoms with E-state index >= 15 is 0 Å². The highest BCUT2D eigenvalue weighted by atomic mass is 32.2. The molecule has 186 valence electrons. The van der Waals surface area contributed by atoms with Crippen LogP contribution < -0.4 is 5.32 Å². The summed E-state index contributed by atoms with van der Waals surface area (Å²) in [6, 6.07) is 4.65. The number of rotatable bonds is 8. The Kier molecular flexibility index (Phi) is 7.61. The molecular formula is C25H30N4O4S2. The Labute approximate surface area is 213 Å². The summed E-state index contributed by atoms with van der Waals surface area (Å²) in [5.41, 5.74) is 1.18. The fraction of sp³-hybridized carbons (Fsp3) is 0.480. The van der Waals surface area contributed by atoms with E-state index in [9.17, 15) is 14.9 Å². The second-order valence-corrected chi connectivity index (χ2v) is 12.3. The molecule has 10 heteroatoms. The van der Waals surface area contributed by atoms with Crippen LogP contribution in [-0.2, 0) is 11.2 Å². The van der Waals surface area contributed by atoms with Crippen LogP contribution in [0.2, 0.25) is 0 Å². The van der Waals surface area contributed by atoms with Crippen molar-refractivity contribution in [2.45, 2.75) is 74.8 Å². The maximum absolute atomic E-state index is 13.2. The second-order valence-electron chi connectivity index (χ2n) is 9.97. The summed E-state index contributed by atoms with van der Waals surface area (Å²) >= 11 is 3.24. The molecular weight excluding hydrogens is 484 g/mol. The van der Waals surface area contributed by atoms with Crippen LogP contribution in [0, 0.1) is 23.0 Å². The molecule has 1 aliphatic carbocycles.